The minimum atomic E-state index is 0.406. The van der Waals surface area contributed by atoms with Gasteiger partial charge >= 0.3 is 0 Å². The number of nitrogens with one attached hydrogen (secondary N) is 1. The molecule has 3 aromatic heterocycles. The van der Waals surface area contributed by atoms with Crippen LogP contribution in [0, 0.1) is 6.92 Å². The van der Waals surface area contributed by atoms with Crippen LogP contribution in [0.4, 0.5) is 0 Å². The van der Waals surface area contributed by atoms with Gasteiger partial charge in [0.05, 0.1) is 13.3 Å². The average molecular weight is 364 g/mol. The normalized spacial score (nSPS) is 11.5. The van der Waals surface area contributed by atoms with Crippen LogP contribution in [0.1, 0.15) is 11.3 Å². The highest BCUT2D eigenvalue weighted by Crippen LogP contribution is 2.26. The van der Waals surface area contributed by atoms with Gasteiger partial charge in [0.2, 0.25) is 5.16 Å². The number of aryl methyl sites for hydroxylation is 1. The predicted octanol–water partition coefficient (Wildman–Crippen LogP) is 3.31. The van der Waals surface area contributed by atoms with E-state index in [1.54, 1.807) is 30.4 Å². The lowest BCUT2D eigenvalue weighted by Gasteiger charge is -2.02. The van der Waals surface area contributed by atoms with Crippen LogP contribution in [0.25, 0.3) is 22.3 Å². The van der Waals surface area contributed by atoms with Gasteiger partial charge in [0.25, 0.3) is 0 Å². The van der Waals surface area contributed by atoms with Crippen LogP contribution >= 0.6 is 12.6 Å². The molecule has 0 aliphatic rings. The molecule has 0 unspecified atom stereocenters. The molecule has 4 rings (SSSR count). The number of thiol groups is 1. The first-order valence-corrected chi connectivity index (χ1v) is 8.37. The number of fused-ring (bicyclic) bond motifs is 1. The number of methoxy groups -OCH3 is 1. The fraction of sp³-hybridized carbons (Fsp3) is 0.111. The minimum absolute atomic E-state index is 0.406. The molecule has 0 aliphatic heterocycles. The van der Waals surface area contributed by atoms with E-state index < -0.39 is 0 Å². The summed E-state index contributed by atoms with van der Waals surface area (Å²) >= 11 is 4.36. The number of nitrogens with zero attached hydrogens (tertiary/aromatic N) is 5. The third-order valence-corrected chi connectivity index (χ3v) is 4.39. The maximum absolute atomic E-state index is 5.33. The molecule has 130 valence electrons. The van der Waals surface area contributed by atoms with Gasteiger partial charge in [0.1, 0.15) is 5.75 Å². The molecule has 0 radical (unpaired) electrons. The molecule has 7 nitrogen and oxygen atoms in total. The number of H-pyrrole nitrogens is 1. The van der Waals surface area contributed by atoms with E-state index in [0.717, 1.165) is 33.5 Å². The molecule has 0 saturated carbocycles. The third kappa shape index (κ3) is 2.84. The van der Waals surface area contributed by atoms with Crippen molar-refractivity contribution in [1.29, 1.82) is 0 Å². The molecule has 0 bridgehead atoms. The minimum Gasteiger partial charge on any atom is -0.497 e. The lowest BCUT2D eigenvalue weighted by atomic mass is 10.1. The maximum Gasteiger partial charge on any atom is 0.209 e. The summed E-state index contributed by atoms with van der Waals surface area (Å²) in [6, 6.07) is 9.60. The Hall–Kier alpha value is -3.13. The monoisotopic (exact) mass is 364 g/mol. The van der Waals surface area contributed by atoms with Gasteiger partial charge in [0, 0.05) is 40.1 Å². The van der Waals surface area contributed by atoms with E-state index in [0.29, 0.717) is 11.0 Å². The Kier molecular flexibility index (Phi) is 4.18. The van der Waals surface area contributed by atoms with Crippen LogP contribution in [-0.4, -0.2) is 38.2 Å². The van der Waals surface area contributed by atoms with Crippen molar-refractivity contribution in [2.75, 3.05) is 7.11 Å². The van der Waals surface area contributed by atoms with Gasteiger partial charge in [0.15, 0.2) is 5.82 Å². The van der Waals surface area contributed by atoms with Gasteiger partial charge in [-0.05, 0) is 37.3 Å². The Balaban J connectivity index is 1.79. The Morgan fingerprint density at radius 2 is 2.00 bits per heavy atom. The van der Waals surface area contributed by atoms with Crippen molar-refractivity contribution in [3.05, 3.63) is 54.0 Å². The van der Waals surface area contributed by atoms with Crippen molar-refractivity contribution < 1.29 is 4.74 Å². The second kappa shape index (κ2) is 6.64. The zero-order valence-electron chi connectivity index (χ0n) is 14.2. The van der Waals surface area contributed by atoms with Gasteiger partial charge in [-0.2, -0.15) is 9.78 Å². The van der Waals surface area contributed by atoms with E-state index in [1.165, 1.54) is 0 Å². The zero-order chi connectivity index (χ0) is 18.1. The second-order valence-electron chi connectivity index (χ2n) is 5.69. The largest absolute Gasteiger partial charge is 0.497 e. The highest BCUT2D eigenvalue weighted by atomic mass is 32.1. The summed E-state index contributed by atoms with van der Waals surface area (Å²) < 4.78 is 6.93. The smallest absolute Gasteiger partial charge is 0.209 e. The van der Waals surface area contributed by atoms with Crippen molar-refractivity contribution in [2.45, 2.75) is 12.1 Å². The molecule has 3 heterocycles. The Labute approximate surface area is 155 Å². The maximum atomic E-state index is 5.33. The van der Waals surface area contributed by atoms with Crippen LogP contribution in [0.2, 0.25) is 0 Å². The van der Waals surface area contributed by atoms with Crippen LogP contribution < -0.4 is 4.74 Å². The van der Waals surface area contributed by atoms with Gasteiger partial charge in [-0.1, -0.05) is 0 Å². The second-order valence-corrected chi connectivity index (χ2v) is 6.09. The van der Waals surface area contributed by atoms with E-state index in [4.69, 9.17) is 4.74 Å². The molecule has 4 aromatic rings. The van der Waals surface area contributed by atoms with Crippen molar-refractivity contribution in [1.82, 2.24) is 24.8 Å². The number of hydrogen-bond acceptors (Lipinski definition) is 6. The summed E-state index contributed by atoms with van der Waals surface area (Å²) in [6.45, 7) is 2.01. The van der Waals surface area contributed by atoms with Gasteiger partial charge in [-0.3, -0.25) is 4.98 Å². The van der Waals surface area contributed by atoms with Crippen LogP contribution in [0.15, 0.2) is 53.0 Å². The fourth-order valence-electron chi connectivity index (χ4n) is 2.79. The van der Waals surface area contributed by atoms with Crippen LogP contribution in [-0.2, 0) is 0 Å². The lowest BCUT2D eigenvalue weighted by molar-refractivity contribution is 0.415. The highest BCUT2D eigenvalue weighted by molar-refractivity contribution is 7.80. The number of rotatable bonds is 4. The summed E-state index contributed by atoms with van der Waals surface area (Å²) in [5.41, 5.74) is 3.87. The fourth-order valence-corrected chi connectivity index (χ4v) is 2.99. The zero-order valence-corrected chi connectivity index (χ0v) is 15.1. The molecule has 0 fully saturated rings. The number of pyridine rings is 1. The number of aromatic nitrogens is 5. The standard InChI is InChI=1S/C18H16N6OS/c1-11-15(14-9-13(25-2)3-4-16(14)21-11)10-20-24-17(22-23-18(24)26)12-5-7-19-8-6-12/h3-10,21H,1-2H3,(H,23,26)/b20-10+. The lowest BCUT2D eigenvalue weighted by Crippen LogP contribution is -1.96. The molecule has 1 N–H and O–H groups in total. The average Bonchev–Trinajstić information content (AvgIpc) is 3.19. The summed E-state index contributed by atoms with van der Waals surface area (Å²) in [5.74, 6) is 1.39. The van der Waals surface area contributed by atoms with E-state index in [1.807, 2.05) is 37.3 Å². The molecule has 0 aliphatic carbocycles. The predicted molar refractivity (Wildman–Crippen MR) is 103 cm³/mol. The van der Waals surface area contributed by atoms with Crippen molar-refractivity contribution >= 4 is 29.7 Å². The molecule has 8 heteroatoms. The third-order valence-electron chi connectivity index (χ3n) is 4.11. The van der Waals surface area contributed by atoms with Crippen LogP contribution in [0.3, 0.4) is 0 Å². The molecular weight excluding hydrogens is 348 g/mol. The first-order chi connectivity index (χ1) is 12.7. The number of benzene rings is 1. The van der Waals surface area contributed by atoms with Crippen molar-refractivity contribution in [2.24, 2.45) is 5.10 Å². The van der Waals surface area contributed by atoms with E-state index >= 15 is 0 Å². The molecule has 26 heavy (non-hydrogen) atoms. The number of aromatic amines is 1. The Bertz CT molecular complexity index is 1100. The van der Waals surface area contributed by atoms with Gasteiger partial charge in [-0.25, -0.2) is 0 Å². The van der Waals surface area contributed by atoms with E-state index in [-0.39, 0.29) is 0 Å². The summed E-state index contributed by atoms with van der Waals surface area (Å²) in [4.78, 5) is 7.38. The SMILES string of the molecule is COc1ccc2[nH]c(C)c(/C=N/n3c(S)nnc3-c3ccncc3)c2c1. The van der Waals surface area contributed by atoms with Crippen molar-refractivity contribution in [3.8, 4) is 17.1 Å². The molecule has 0 amide bonds. The summed E-state index contributed by atoms with van der Waals surface area (Å²) in [6.07, 6.45) is 5.18. The molecule has 1 aromatic carbocycles. The molecule has 0 saturated heterocycles. The Morgan fingerprint density at radius 1 is 1.19 bits per heavy atom. The molecule has 0 spiro atoms. The number of hydrogen-bond donors (Lipinski definition) is 2. The van der Waals surface area contributed by atoms with Crippen LogP contribution in [0.5, 0.6) is 5.75 Å². The molecule has 0 atom stereocenters. The summed E-state index contributed by atoms with van der Waals surface area (Å²) in [7, 11) is 1.65. The topological polar surface area (TPSA) is 81.0 Å². The summed E-state index contributed by atoms with van der Waals surface area (Å²) in [5, 5.41) is 14.2. The van der Waals surface area contributed by atoms with Gasteiger partial charge < -0.3 is 9.72 Å². The first kappa shape index (κ1) is 16.3. The van der Waals surface area contributed by atoms with E-state index in [2.05, 4.69) is 37.9 Å². The Morgan fingerprint density at radius 3 is 2.77 bits per heavy atom. The first-order valence-electron chi connectivity index (χ1n) is 7.93. The molecular formula is C18H16N6OS. The van der Waals surface area contributed by atoms with Gasteiger partial charge in [-0.15, -0.1) is 22.8 Å². The van der Waals surface area contributed by atoms with Crippen molar-refractivity contribution in [3.63, 3.8) is 0 Å². The number of ether oxygens (including phenoxy) is 1. The quantitative estimate of drug-likeness (QED) is 0.430. The van der Waals surface area contributed by atoms with E-state index in [9.17, 15) is 0 Å². The highest BCUT2D eigenvalue weighted by Gasteiger charge is 2.12.